The second kappa shape index (κ2) is 4.85. The molecule has 2 aromatic rings. The van der Waals surface area contributed by atoms with Crippen LogP contribution in [-0.2, 0) is 6.61 Å². The molecule has 0 fully saturated rings. The monoisotopic (exact) mass is 249 g/mol. The predicted molar refractivity (Wildman–Crippen MR) is 69.5 cm³/mol. The van der Waals surface area contributed by atoms with Crippen LogP contribution in [0.1, 0.15) is 16.8 Å². The molecule has 0 aliphatic rings. The highest BCUT2D eigenvalue weighted by molar-refractivity contribution is 7.13. The summed E-state index contributed by atoms with van der Waals surface area (Å²) in [6.45, 7) is 4.05. The van der Waals surface area contributed by atoms with E-state index in [-0.39, 0.29) is 6.61 Å². The number of hydrogen-bond donors (Lipinski definition) is 1. The van der Waals surface area contributed by atoms with E-state index < -0.39 is 0 Å². The molecule has 2 rings (SSSR count). The van der Waals surface area contributed by atoms with Crippen molar-refractivity contribution in [2.75, 3.05) is 7.11 Å². The Morgan fingerprint density at radius 3 is 2.71 bits per heavy atom. The van der Waals surface area contributed by atoms with E-state index in [0.29, 0.717) is 5.69 Å². The number of aliphatic hydroxyl groups is 1. The van der Waals surface area contributed by atoms with Gasteiger partial charge in [0.2, 0.25) is 0 Å². The molecule has 0 amide bonds. The van der Waals surface area contributed by atoms with Gasteiger partial charge in [0.15, 0.2) is 0 Å². The Kier molecular flexibility index (Phi) is 3.45. The zero-order valence-electron chi connectivity index (χ0n) is 10.2. The minimum absolute atomic E-state index is 0.0242. The minimum atomic E-state index is -0.0242. The van der Waals surface area contributed by atoms with E-state index in [1.807, 2.05) is 12.3 Å². The normalized spacial score (nSPS) is 10.6. The number of aliphatic hydroxyl groups excluding tert-OH is 1. The standard InChI is InChI=1S/C13H15NO2S/c1-8-4-9(2)12(16-3)11(5-8)13-14-10(6-15)7-17-13/h4-5,7,15H,6H2,1-3H3. The highest BCUT2D eigenvalue weighted by Crippen LogP contribution is 2.35. The largest absolute Gasteiger partial charge is 0.496 e. The molecule has 4 heteroatoms. The van der Waals surface area contributed by atoms with Gasteiger partial charge in [-0.1, -0.05) is 6.07 Å². The third-order valence-corrected chi connectivity index (χ3v) is 3.49. The van der Waals surface area contributed by atoms with Gasteiger partial charge in [0, 0.05) is 5.38 Å². The summed E-state index contributed by atoms with van der Waals surface area (Å²) in [7, 11) is 1.67. The van der Waals surface area contributed by atoms with Gasteiger partial charge in [-0.3, -0.25) is 0 Å². The smallest absolute Gasteiger partial charge is 0.132 e. The lowest BCUT2D eigenvalue weighted by atomic mass is 10.1. The highest BCUT2D eigenvalue weighted by atomic mass is 32.1. The van der Waals surface area contributed by atoms with Crippen LogP contribution >= 0.6 is 11.3 Å². The van der Waals surface area contributed by atoms with E-state index in [9.17, 15) is 0 Å². The van der Waals surface area contributed by atoms with Crippen molar-refractivity contribution >= 4 is 11.3 Å². The molecule has 0 spiro atoms. The van der Waals surface area contributed by atoms with Gasteiger partial charge in [0.05, 0.1) is 25.0 Å². The lowest BCUT2D eigenvalue weighted by Gasteiger charge is -2.10. The second-order valence-electron chi connectivity index (χ2n) is 3.96. The summed E-state index contributed by atoms with van der Waals surface area (Å²) < 4.78 is 5.43. The molecule has 1 N–H and O–H groups in total. The molecule has 0 unspecified atom stereocenters. The number of methoxy groups -OCH3 is 1. The zero-order chi connectivity index (χ0) is 12.4. The molecule has 90 valence electrons. The van der Waals surface area contributed by atoms with Crippen molar-refractivity contribution in [1.82, 2.24) is 4.98 Å². The Morgan fingerprint density at radius 1 is 1.35 bits per heavy atom. The second-order valence-corrected chi connectivity index (χ2v) is 4.82. The molecule has 1 aromatic carbocycles. The van der Waals surface area contributed by atoms with Crippen molar-refractivity contribution in [2.24, 2.45) is 0 Å². The van der Waals surface area contributed by atoms with Crippen molar-refractivity contribution in [1.29, 1.82) is 0 Å². The summed E-state index contributed by atoms with van der Waals surface area (Å²) in [5.41, 5.74) is 3.98. The SMILES string of the molecule is COc1c(C)cc(C)cc1-c1nc(CO)cs1. The number of nitrogens with zero attached hydrogens (tertiary/aromatic N) is 1. The van der Waals surface area contributed by atoms with E-state index in [4.69, 9.17) is 9.84 Å². The maximum atomic E-state index is 9.05. The first kappa shape index (κ1) is 12.1. The van der Waals surface area contributed by atoms with Crippen LogP contribution in [0.4, 0.5) is 0 Å². The van der Waals surface area contributed by atoms with E-state index in [1.54, 1.807) is 7.11 Å². The Balaban J connectivity index is 2.57. The Morgan fingerprint density at radius 2 is 2.12 bits per heavy atom. The van der Waals surface area contributed by atoms with Gasteiger partial charge in [-0.15, -0.1) is 11.3 Å². The maximum Gasteiger partial charge on any atom is 0.132 e. The molecule has 17 heavy (non-hydrogen) atoms. The average molecular weight is 249 g/mol. The fourth-order valence-corrected chi connectivity index (χ4v) is 2.71. The first-order chi connectivity index (χ1) is 8.15. The summed E-state index contributed by atoms with van der Waals surface area (Å²) in [5.74, 6) is 0.856. The molecule has 0 saturated heterocycles. The maximum absolute atomic E-state index is 9.05. The number of hydrogen-bond acceptors (Lipinski definition) is 4. The molecule has 0 bridgehead atoms. The molecule has 0 saturated carbocycles. The van der Waals surface area contributed by atoms with Crippen LogP contribution < -0.4 is 4.74 Å². The van der Waals surface area contributed by atoms with Crippen molar-refractivity contribution < 1.29 is 9.84 Å². The van der Waals surface area contributed by atoms with Gasteiger partial charge in [0.25, 0.3) is 0 Å². The summed E-state index contributed by atoms with van der Waals surface area (Å²) in [6, 6.07) is 4.15. The van der Waals surface area contributed by atoms with Crippen LogP contribution in [-0.4, -0.2) is 17.2 Å². The van der Waals surface area contributed by atoms with Crippen LogP contribution in [0, 0.1) is 13.8 Å². The van der Waals surface area contributed by atoms with Crippen molar-refractivity contribution in [3.63, 3.8) is 0 Å². The molecular weight excluding hydrogens is 234 g/mol. The third-order valence-electron chi connectivity index (χ3n) is 2.57. The molecule has 1 aromatic heterocycles. The summed E-state index contributed by atoms with van der Waals surface area (Å²) >= 11 is 1.52. The van der Waals surface area contributed by atoms with E-state index in [0.717, 1.165) is 21.9 Å². The third kappa shape index (κ3) is 2.33. The molecule has 0 aliphatic heterocycles. The number of benzene rings is 1. The van der Waals surface area contributed by atoms with Crippen LogP contribution in [0.5, 0.6) is 5.75 Å². The van der Waals surface area contributed by atoms with Crippen LogP contribution in [0.2, 0.25) is 0 Å². The molecule has 1 heterocycles. The lowest BCUT2D eigenvalue weighted by Crippen LogP contribution is -1.93. The van der Waals surface area contributed by atoms with E-state index in [1.165, 1.54) is 16.9 Å². The fraction of sp³-hybridized carbons (Fsp3) is 0.308. The molecule has 0 aliphatic carbocycles. The molecule has 3 nitrogen and oxygen atoms in total. The molecule has 0 atom stereocenters. The van der Waals surface area contributed by atoms with Gasteiger partial charge in [-0.2, -0.15) is 0 Å². The van der Waals surface area contributed by atoms with Gasteiger partial charge in [0.1, 0.15) is 10.8 Å². The first-order valence-electron chi connectivity index (χ1n) is 5.36. The van der Waals surface area contributed by atoms with Crippen molar-refractivity contribution in [2.45, 2.75) is 20.5 Å². The van der Waals surface area contributed by atoms with Crippen molar-refractivity contribution in [3.8, 4) is 16.3 Å². The van der Waals surface area contributed by atoms with Crippen LogP contribution in [0.25, 0.3) is 10.6 Å². The quantitative estimate of drug-likeness (QED) is 0.909. The number of rotatable bonds is 3. The van der Waals surface area contributed by atoms with Crippen LogP contribution in [0.3, 0.4) is 0 Å². The van der Waals surface area contributed by atoms with E-state index >= 15 is 0 Å². The lowest BCUT2D eigenvalue weighted by molar-refractivity contribution is 0.278. The predicted octanol–water partition coefficient (Wildman–Crippen LogP) is 2.93. The number of thiazole rings is 1. The number of aryl methyl sites for hydroxylation is 2. The first-order valence-corrected chi connectivity index (χ1v) is 6.24. The number of ether oxygens (including phenoxy) is 1. The molecule has 0 radical (unpaired) electrons. The Labute approximate surface area is 105 Å². The average Bonchev–Trinajstić information content (AvgIpc) is 2.76. The molecular formula is C13H15NO2S. The summed E-state index contributed by atoms with van der Waals surface area (Å²) in [5, 5.41) is 11.8. The fourth-order valence-electron chi connectivity index (χ4n) is 1.89. The number of aromatic nitrogens is 1. The summed E-state index contributed by atoms with van der Waals surface area (Å²) in [6.07, 6.45) is 0. The zero-order valence-corrected chi connectivity index (χ0v) is 11.0. The van der Waals surface area contributed by atoms with E-state index in [2.05, 4.69) is 24.0 Å². The van der Waals surface area contributed by atoms with Crippen LogP contribution in [0.15, 0.2) is 17.5 Å². The van der Waals surface area contributed by atoms with Crippen molar-refractivity contribution in [3.05, 3.63) is 34.3 Å². The Bertz CT molecular complexity index is 534. The minimum Gasteiger partial charge on any atom is -0.496 e. The van der Waals surface area contributed by atoms with Gasteiger partial charge in [-0.25, -0.2) is 4.98 Å². The van der Waals surface area contributed by atoms with Gasteiger partial charge in [-0.05, 0) is 31.0 Å². The summed E-state index contributed by atoms with van der Waals surface area (Å²) in [4.78, 5) is 4.38. The van der Waals surface area contributed by atoms with Gasteiger partial charge >= 0.3 is 0 Å². The van der Waals surface area contributed by atoms with Gasteiger partial charge < -0.3 is 9.84 Å². The highest BCUT2D eigenvalue weighted by Gasteiger charge is 2.13. The topological polar surface area (TPSA) is 42.4 Å². The Hall–Kier alpha value is -1.39.